The van der Waals surface area contributed by atoms with Gasteiger partial charge in [-0.25, -0.2) is 0 Å². The fourth-order valence-corrected chi connectivity index (χ4v) is 2.85. The van der Waals surface area contributed by atoms with Gasteiger partial charge in [-0.3, -0.25) is 0 Å². The Morgan fingerprint density at radius 2 is 2.16 bits per heavy atom. The lowest BCUT2D eigenvalue weighted by Crippen LogP contribution is -2.45. The molecule has 3 nitrogen and oxygen atoms in total. The van der Waals surface area contributed by atoms with E-state index in [4.69, 9.17) is 16.9 Å². The quantitative estimate of drug-likeness (QED) is 0.889. The first-order chi connectivity index (χ1) is 9.08. The van der Waals surface area contributed by atoms with Crippen molar-refractivity contribution in [1.29, 1.82) is 5.26 Å². The molecule has 1 aromatic rings. The average molecular weight is 279 g/mol. The summed E-state index contributed by atoms with van der Waals surface area (Å²) >= 11 is 6.03. The molecule has 0 heterocycles. The highest BCUT2D eigenvalue weighted by Crippen LogP contribution is 2.35. The van der Waals surface area contributed by atoms with Crippen LogP contribution >= 0.6 is 11.6 Å². The number of aliphatic hydroxyl groups is 1. The molecular weight excluding hydrogens is 260 g/mol. The van der Waals surface area contributed by atoms with E-state index in [1.54, 1.807) is 12.1 Å². The first-order valence-corrected chi connectivity index (χ1v) is 7.05. The van der Waals surface area contributed by atoms with E-state index >= 15 is 0 Å². The number of nitrogens with zero attached hydrogens (tertiary/aromatic N) is 1. The van der Waals surface area contributed by atoms with Crippen molar-refractivity contribution < 1.29 is 5.11 Å². The lowest BCUT2D eigenvalue weighted by molar-refractivity contribution is 0.155. The minimum absolute atomic E-state index is 0.122. The van der Waals surface area contributed by atoms with Crippen molar-refractivity contribution in [3.63, 3.8) is 0 Å². The molecule has 2 N–H and O–H groups in total. The topological polar surface area (TPSA) is 56.0 Å². The van der Waals surface area contributed by atoms with Gasteiger partial charge in [0.15, 0.2) is 0 Å². The van der Waals surface area contributed by atoms with E-state index in [-0.39, 0.29) is 12.1 Å². The van der Waals surface area contributed by atoms with Crippen LogP contribution in [0.5, 0.6) is 0 Å². The first kappa shape index (κ1) is 14.2. The van der Waals surface area contributed by atoms with Gasteiger partial charge in [-0.05, 0) is 49.8 Å². The molecule has 1 fully saturated rings. The van der Waals surface area contributed by atoms with Gasteiger partial charge in [-0.2, -0.15) is 5.26 Å². The summed E-state index contributed by atoms with van der Waals surface area (Å²) in [6.45, 7) is 2.37. The summed E-state index contributed by atoms with van der Waals surface area (Å²) in [7, 11) is 0. The Morgan fingerprint density at radius 1 is 1.47 bits per heavy atom. The van der Waals surface area contributed by atoms with Crippen LogP contribution in [0.25, 0.3) is 0 Å². The van der Waals surface area contributed by atoms with Crippen molar-refractivity contribution in [2.75, 3.05) is 11.9 Å². The molecule has 0 bridgehead atoms. The van der Waals surface area contributed by atoms with Crippen molar-refractivity contribution in [1.82, 2.24) is 0 Å². The van der Waals surface area contributed by atoms with Crippen molar-refractivity contribution in [2.24, 2.45) is 5.92 Å². The molecule has 1 aliphatic carbocycles. The van der Waals surface area contributed by atoms with Crippen LogP contribution in [0, 0.1) is 17.2 Å². The van der Waals surface area contributed by atoms with E-state index < -0.39 is 0 Å². The molecule has 1 saturated carbocycles. The Kier molecular flexibility index (Phi) is 4.34. The number of halogens is 1. The summed E-state index contributed by atoms with van der Waals surface area (Å²) in [6, 6.07) is 7.36. The summed E-state index contributed by atoms with van der Waals surface area (Å²) in [4.78, 5) is 0. The molecule has 1 aliphatic rings. The molecule has 0 radical (unpaired) electrons. The Balaban J connectivity index is 2.15. The van der Waals surface area contributed by atoms with E-state index in [0.29, 0.717) is 10.6 Å². The average Bonchev–Trinajstić information content (AvgIpc) is 2.42. The fourth-order valence-electron chi connectivity index (χ4n) is 2.63. The highest BCUT2D eigenvalue weighted by molar-refractivity contribution is 6.32. The van der Waals surface area contributed by atoms with E-state index in [1.165, 1.54) is 0 Å². The number of hydrogen-bond acceptors (Lipinski definition) is 3. The first-order valence-electron chi connectivity index (χ1n) is 6.67. The number of aliphatic hydroxyl groups excluding tert-OH is 1. The Bertz CT molecular complexity index is 487. The van der Waals surface area contributed by atoms with E-state index in [1.807, 2.05) is 12.1 Å². The van der Waals surface area contributed by atoms with Crippen LogP contribution < -0.4 is 5.32 Å². The Labute approximate surface area is 119 Å². The molecule has 0 amide bonds. The molecule has 2 rings (SSSR count). The molecule has 19 heavy (non-hydrogen) atoms. The van der Waals surface area contributed by atoms with Crippen molar-refractivity contribution in [3.8, 4) is 6.07 Å². The van der Waals surface area contributed by atoms with Gasteiger partial charge in [-0.15, -0.1) is 0 Å². The molecular formula is C15H19ClN2O. The summed E-state index contributed by atoms with van der Waals surface area (Å²) in [5.41, 5.74) is 1.10. The second-order valence-electron chi connectivity index (χ2n) is 5.55. The highest BCUT2D eigenvalue weighted by atomic mass is 35.5. The van der Waals surface area contributed by atoms with Gasteiger partial charge in [0, 0.05) is 5.69 Å². The van der Waals surface area contributed by atoms with Gasteiger partial charge < -0.3 is 10.4 Å². The number of hydrogen-bond donors (Lipinski definition) is 2. The van der Waals surface area contributed by atoms with Crippen LogP contribution in [0.4, 0.5) is 5.69 Å². The van der Waals surface area contributed by atoms with Crippen molar-refractivity contribution in [2.45, 2.75) is 38.1 Å². The molecule has 0 atom stereocenters. The van der Waals surface area contributed by atoms with Crippen molar-refractivity contribution >= 4 is 17.3 Å². The van der Waals surface area contributed by atoms with E-state index in [9.17, 15) is 5.11 Å². The smallest absolute Gasteiger partial charge is 0.101 e. The zero-order valence-corrected chi connectivity index (χ0v) is 11.9. The van der Waals surface area contributed by atoms with Crippen LogP contribution in [0.3, 0.4) is 0 Å². The predicted molar refractivity (Wildman–Crippen MR) is 77.2 cm³/mol. The van der Waals surface area contributed by atoms with Gasteiger partial charge in [0.25, 0.3) is 0 Å². The summed E-state index contributed by atoms with van der Waals surface area (Å²) in [5, 5.41) is 22.4. The summed E-state index contributed by atoms with van der Waals surface area (Å²) in [5.74, 6) is 0.728. The predicted octanol–water partition coefficient (Wildman–Crippen LogP) is 3.56. The minimum atomic E-state index is -0.246. The third kappa shape index (κ3) is 3.20. The van der Waals surface area contributed by atoms with Gasteiger partial charge in [-0.1, -0.05) is 18.5 Å². The molecule has 4 heteroatoms. The number of rotatable bonds is 3. The van der Waals surface area contributed by atoms with Crippen molar-refractivity contribution in [3.05, 3.63) is 28.8 Å². The second kappa shape index (κ2) is 5.81. The number of nitriles is 1. The molecule has 0 unspecified atom stereocenters. The zero-order chi connectivity index (χ0) is 13.9. The summed E-state index contributed by atoms with van der Waals surface area (Å²) < 4.78 is 0. The second-order valence-corrected chi connectivity index (χ2v) is 5.96. The maximum Gasteiger partial charge on any atom is 0.101 e. The molecule has 102 valence electrons. The molecule has 0 spiro atoms. The van der Waals surface area contributed by atoms with Crippen LogP contribution in [0.15, 0.2) is 18.2 Å². The highest BCUT2D eigenvalue weighted by Gasteiger charge is 2.33. The largest absolute Gasteiger partial charge is 0.394 e. The maximum atomic E-state index is 9.71. The van der Waals surface area contributed by atoms with Crippen LogP contribution in [-0.4, -0.2) is 17.3 Å². The lowest BCUT2D eigenvalue weighted by Gasteiger charge is -2.39. The Hall–Kier alpha value is -1.24. The van der Waals surface area contributed by atoms with Crippen LogP contribution in [0.2, 0.25) is 5.02 Å². The van der Waals surface area contributed by atoms with E-state index in [0.717, 1.165) is 37.3 Å². The number of nitrogens with one attached hydrogen (secondary N) is 1. The van der Waals surface area contributed by atoms with Crippen LogP contribution in [-0.2, 0) is 0 Å². The maximum absolute atomic E-state index is 9.71. The molecule has 1 aromatic carbocycles. The van der Waals surface area contributed by atoms with Gasteiger partial charge in [0.2, 0.25) is 0 Å². The normalized spacial score (nSPS) is 26.7. The zero-order valence-electron chi connectivity index (χ0n) is 11.1. The molecule has 0 saturated heterocycles. The van der Waals surface area contributed by atoms with Gasteiger partial charge >= 0.3 is 0 Å². The molecule has 0 aliphatic heterocycles. The lowest BCUT2D eigenvalue weighted by atomic mass is 9.77. The minimum Gasteiger partial charge on any atom is -0.394 e. The van der Waals surface area contributed by atoms with E-state index in [2.05, 4.69) is 12.2 Å². The number of benzene rings is 1. The van der Waals surface area contributed by atoms with Gasteiger partial charge in [0.1, 0.15) is 6.07 Å². The Morgan fingerprint density at radius 3 is 2.68 bits per heavy atom. The fraction of sp³-hybridized carbons (Fsp3) is 0.533. The monoisotopic (exact) mass is 278 g/mol. The SMILES string of the molecule is CC1CCC(CO)(Nc2ccc(C#N)c(Cl)c2)CC1. The number of anilines is 1. The standard InChI is InChI=1S/C15H19ClN2O/c1-11-4-6-15(10-19,7-5-11)18-13-3-2-12(9-17)14(16)8-13/h2-3,8,11,18-19H,4-7,10H2,1H3. The summed E-state index contributed by atoms with van der Waals surface area (Å²) in [6.07, 6.45) is 4.17. The van der Waals surface area contributed by atoms with Crippen LogP contribution in [0.1, 0.15) is 38.2 Å². The molecule has 0 aromatic heterocycles. The van der Waals surface area contributed by atoms with Gasteiger partial charge in [0.05, 0.1) is 22.7 Å². The third-order valence-corrected chi connectivity index (χ3v) is 4.35. The third-order valence-electron chi connectivity index (χ3n) is 4.03.